The molecule has 2 N–H and O–H groups in total. The fourth-order valence-electron chi connectivity index (χ4n) is 4.48. The van der Waals surface area contributed by atoms with Crippen LogP contribution in [0, 0.1) is 0 Å². The van der Waals surface area contributed by atoms with E-state index in [1.165, 1.54) is 6.26 Å². The number of esters is 1. The van der Waals surface area contributed by atoms with Crippen LogP contribution in [0.3, 0.4) is 0 Å². The number of rotatable bonds is 8. The lowest BCUT2D eigenvalue weighted by Gasteiger charge is -2.35. The van der Waals surface area contributed by atoms with E-state index in [2.05, 4.69) is 10.5 Å². The maximum atomic E-state index is 13.3. The predicted molar refractivity (Wildman–Crippen MR) is 121 cm³/mol. The van der Waals surface area contributed by atoms with Crippen molar-refractivity contribution in [3.63, 3.8) is 0 Å². The lowest BCUT2D eigenvalue weighted by Crippen LogP contribution is -2.54. The SMILES string of the molecule is C[N@+]1(CC(=O)Nc2ccon2)CCCC1COC(=O)C(O)(c1ccccc1)c1ccccc1. The number of nitrogens with zero attached hydrogens (tertiary/aromatic N) is 2. The number of hydrogen-bond donors (Lipinski definition) is 2. The highest BCUT2D eigenvalue weighted by molar-refractivity contribution is 5.90. The minimum absolute atomic E-state index is 0.0622. The highest BCUT2D eigenvalue weighted by Gasteiger charge is 2.45. The Balaban J connectivity index is 1.47. The van der Waals surface area contributed by atoms with E-state index in [9.17, 15) is 14.7 Å². The smallest absolute Gasteiger partial charge is 0.347 e. The van der Waals surface area contributed by atoms with E-state index >= 15 is 0 Å². The van der Waals surface area contributed by atoms with Crippen molar-refractivity contribution in [1.82, 2.24) is 5.16 Å². The molecule has 0 spiro atoms. The van der Waals surface area contributed by atoms with Crippen LogP contribution in [0.25, 0.3) is 0 Å². The summed E-state index contributed by atoms with van der Waals surface area (Å²) in [5.41, 5.74) is -1.04. The Bertz CT molecular complexity index is 1030. The zero-order valence-corrected chi connectivity index (χ0v) is 18.5. The largest absolute Gasteiger partial charge is 0.457 e. The van der Waals surface area contributed by atoms with Gasteiger partial charge in [-0.05, 0) is 11.1 Å². The molecule has 1 unspecified atom stereocenters. The first-order chi connectivity index (χ1) is 15.9. The molecule has 1 fully saturated rings. The van der Waals surface area contributed by atoms with Crippen LogP contribution in [0.2, 0.25) is 0 Å². The first-order valence-electron chi connectivity index (χ1n) is 11.0. The van der Waals surface area contributed by atoms with Gasteiger partial charge < -0.3 is 24.2 Å². The van der Waals surface area contributed by atoms with Gasteiger partial charge in [-0.25, -0.2) is 4.79 Å². The van der Waals surface area contributed by atoms with Crippen molar-refractivity contribution >= 4 is 17.7 Å². The summed E-state index contributed by atoms with van der Waals surface area (Å²) < 4.78 is 10.9. The van der Waals surface area contributed by atoms with Crippen LogP contribution in [-0.4, -0.2) is 59.4 Å². The van der Waals surface area contributed by atoms with Crippen LogP contribution in [0.1, 0.15) is 24.0 Å². The number of amides is 1. The first-order valence-corrected chi connectivity index (χ1v) is 11.0. The summed E-state index contributed by atoms with van der Waals surface area (Å²) in [6.07, 6.45) is 3.12. The molecule has 0 saturated carbocycles. The number of nitrogens with one attached hydrogen (secondary N) is 1. The van der Waals surface area contributed by atoms with E-state index in [0.717, 1.165) is 19.4 Å². The van der Waals surface area contributed by atoms with Gasteiger partial charge >= 0.3 is 5.97 Å². The van der Waals surface area contributed by atoms with Crippen molar-refractivity contribution in [2.24, 2.45) is 0 Å². The van der Waals surface area contributed by atoms with Crippen LogP contribution < -0.4 is 5.32 Å². The maximum absolute atomic E-state index is 13.3. The van der Waals surface area contributed by atoms with E-state index < -0.39 is 11.6 Å². The molecular weight excluding hydrogens is 422 g/mol. The molecule has 1 aliphatic rings. The molecule has 1 aromatic heterocycles. The van der Waals surface area contributed by atoms with Gasteiger partial charge in [-0.1, -0.05) is 65.8 Å². The third kappa shape index (κ3) is 4.81. The lowest BCUT2D eigenvalue weighted by molar-refractivity contribution is -0.913. The van der Waals surface area contributed by atoms with Gasteiger partial charge in [0.2, 0.25) is 5.60 Å². The maximum Gasteiger partial charge on any atom is 0.347 e. The molecule has 2 atom stereocenters. The van der Waals surface area contributed by atoms with Gasteiger partial charge in [0.25, 0.3) is 5.91 Å². The Morgan fingerprint density at radius 3 is 2.33 bits per heavy atom. The number of carbonyl (C=O) groups is 2. The molecule has 172 valence electrons. The Morgan fingerprint density at radius 1 is 1.12 bits per heavy atom. The quantitative estimate of drug-likeness (QED) is 0.404. The van der Waals surface area contributed by atoms with E-state index in [1.807, 2.05) is 19.2 Å². The molecule has 8 nitrogen and oxygen atoms in total. The van der Waals surface area contributed by atoms with Crippen LogP contribution in [0.4, 0.5) is 5.82 Å². The molecule has 2 aromatic carbocycles. The standard InChI is InChI=1S/C25H27N3O5/c1-28(17-23(29)26-22-14-16-33-27-22)15-8-13-21(28)18-32-24(30)25(31,19-9-4-2-5-10-19)20-11-6-3-7-12-20/h2-7,9-12,14,16,21,31H,8,13,15,17-18H2,1H3/p+1/t21?,28-/m1/s1. The second-order valence-corrected chi connectivity index (χ2v) is 8.63. The third-order valence-electron chi connectivity index (χ3n) is 6.38. The number of quaternary nitrogens is 1. The molecule has 2 heterocycles. The van der Waals surface area contributed by atoms with Gasteiger partial charge in [-0.15, -0.1) is 0 Å². The molecule has 4 rings (SSSR count). The molecule has 1 amide bonds. The zero-order chi connectivity index (χ0) is 23.3. The number of likely N-dealkylation sites (N-methyl/N-ethyl adjacent to an activating group) is 1. The number of aliphatic hydroxyl groups is 1. The van der Waals surface area contributed by atoms with Crippen LogP contribution in [-0.2, 0) is 19.9 Å². The summed E-state index contributed by atoms with van der Waals surface area (Å²) in [6.45, 7) is 1.11. The van der Waals surface area contributed by atoms with Crippen molar-refractivity contribution in [2.45, 2.75) is 24.5 Å². The molecule has 3 aromatic rings. The monoisotopic (exact) mass is 450 g/mol. The average molecular weight is 451 g/mol. The van der Waals surface area contributed by atoms with Crippen molar-refractivity contribution in [2.75, 3.05) is 32.1 Å². The Morgan fingerprint density at radius 2 is 1.76 bits per heavy atom. The Kier molecular flexibility index (Phi) is 6.57. The molecule has 8 heteroatoms. The van der Waals surface area contributed by atoms with Gasteiger partial charge in [0, 0.05) is 18.9 Å². The van der Waals surface area contributed by atoms with Crippen molar-refractivity contribution in [1.29, 1.82) is 0 Å². The number of carbonyl (C=O) groups excluding carboxylic acids is 2. The highest BCUT2D eigenvalue weighted by Crippen LogP contribution is 2.32. The van der Waals surface area contributed by atoms with Crippen LogP contribution in [0.5, 0.6) is 0 Å². The lowest BCUT2D eigenvalue weighted by atomic mass is 9.86. The fourth-order valence-corrected chi connectivity index (χ4v) is 4.48. The summed E-state index contributed by atoms with van der Waals surface area (Å²) in [5, 5.41) is 18.0. The van der Waals surface area contributed by atoms with E-state index in [4.69, 9.17) is 9.26 Å². The normalized spacial score (nSPS) is 20.4. The summed E-state index contributed by atoms with van der Waals surface area (Å²) >= 11 is 0. The minimum Gasteiger partial charge on any atom is -0.457 e. The van der Waals surface area contributed by atoms with E-state index in [0.29, 0.717) is 21.4 Å². The molecule has 33 heavy (non-hydrogen) atoms. The number of anilines is 1. The molecule has 0 aliphatic carbocycles. The number of aromatic nitrogens is 1. The Labute approximate surface area is 192 Å². The van der Waals surface area contributed by atoms with Crippen LogP contribution >= 0.6 is 0 Å². The molecule has 0 bridgehead atoms. The second-order valence-electron chi connectivity index (χ2n) is 8.63. The third-order valence-corrected chi connectivity index (χ3v) is 6.38. The summed E-state index contributed by atoms with van der Waals surface area (Å²) in [5.74, 6) is -0.551. The topological polar surface area (TPSA) is 102 Å². The fraction of sp³-hybridized carbons (Fsp3) is 0.320. The predicted octanol–water partition coefficient (Wildman–Crippen LogP) is 2.70. The summed E-state index contributed by atoms with van der Waals surface area (Å²) in [6, 6.07) is 19.1. The first kappa shape index (κ1) is 22.7. The number of likely N-dealkylation sites (tertiary alicyclic amines) is 1. The number of benzene rings is 2. The summed E-state index contributed by atoms with van der Waals surface area (Å²) in [7, 11) is 1.98. The molecule has 0 radical (unpaired) electrons. The van der Waals surface area contributed by atoms with Crippen molar-refractivity contribution < 1.29 is 28.4 Å². The second kappa shape index (κ2) is 9.56. The van der Waals surface area contributed by atoms with E-state index in [-0.39, 0.29) is 25.1 Å². The summed E-state index contributed by atoms with van der Waals surface area (Å²) in [4.78, 5) is 25.8. The Hall–Kier alpha value is -3.49. The molecule has 1 aliphatic heterocycles. The highest BCUT2D eigenvalue weighted by atomic mass is 16.6. The van der Waals surface area contributed by atoms with Gasteiger partial charge in [0.15, 0.2) is 12.4 Å². The molecule has 1 saturated heterocycles. The number of hydrogen-bond acceptors (Lipinski definition) is 6. The number of ether oxygens (including phenoxy) is 1. The van der Waals surface area contributed by atoms with Gasteiger partial charge in [-0.2, -0.15) is 0 Å². The zero-order valence-electron chi connectivity index (χ0n) is 18.5. The van der Waals surface area contributed by atoms with Gasteiger partial charge in [0.05, 0.1) is 13.6 Å². The molecular formula is C25H28N3O5+. The minimum atomic E-state index is -1.92. The van der Waals surface area contributed by atoms with Crippen molar-refractivity contribution in [3.05, 3.63) is 84.1 Å². The average Bonchev–Trinajstić information content (AvgIpc) is 3.47. The van der Waals surface area contributed by atoms with E-state index in [1.54, 1.807) is 54.6 Å². The van der Waals surface area contributed by atoms with Crippen LogP contribution in [0.15, 0.2) is 77.5 Å². The van der Waals surface area contributed by atoms with Gasteiger partial charge in [0.1, 0.15) is 18.9 Å². The van der Waals surface area contributed by atoms with Crippen molar-refractivity contribution in [3.8, 4) is 0 Å². The van der Waals surface area contributed by atoms with Gasteiger partial charge in [-0.3, -0.25) is 4.79 Å².